The minimum absolute atomic E-state index is 0.223. The Morgan fingerprint density at radius 2 is 2.12 bits per heavy atom. The maximum absolute atomic E-state index is 13.8. The Balaban J connectivity index is 1.41. The van der Waals surface area contributed by atoms with Crippen LogP contribution in [0.25, 0.3) is 0 Å². The number of anilines is 1. The molecule has 0 N–H and O–H groups in total. The summed E-state index contributed by atoms with van der Waals surface area (Å²) < 4.78 is 13.8. The standard InChI is InChI=1S/C18H22FN5/c1-23(17-5-8-21-18(22-17)13-2-3-13)15-6-9-24(12-15)11-14-4-7-20-10-16(14)19/h4-5,7-8,10,13,15H,2-3,6,9,11-12H2,1H3. The highest BCUT2D eigenvalue weighted by Gasteiger charge is 2.29. The van der Waals surface area contributed by atoms with Crippen LogP contribution in [0.3, 0.4) is 0 Å². The fourth-order valence-electron chi connectivity index (χ4n) is 3.33. The van der Waals surface area contributed by atoms with Gasteiger partial charge in [0.15, 0.2) is 0 Å². The maximum Gasteiger partial charge on any atom is 0.145 e. The van der Waals surface area contributed by atoms with Crippen molar-refractivity contribution in [1.82, 2.24) is 19.9 Å². The second kappa shape index (κ2) is 6.43. The second-order valence-corrected chi connectivity index (χ2v) is 6.80. The molecule has 0 spiro atoms. The molecule has 2 fully saturated rings. The minimum atomic E-state index is -0.223. The van der Waals surface area contributed by atoms with Crippen LogP contribution in [-0.2, 0) is 6.54 Å². The van der Waals surface area contributed by atoms with Gasteiger partial charge in [0.2, 0.25) is 0 Å². The van der Waals surface area contributed by atoms with Crippen molar-refractivity contribution in [2.75, 3.05) is 25.0 Å². The molecule has 2 aromatic heterocycles. The van der Waals surface area contributed by atoms with Crippen molar-refractivity contribution in [3.8, 4) is 0 Å². The van der Waals surface area contributed by atoms with Crippen molar-refractivity contribution in [2.45, 2.75) is 37.8 Å². The zero-order valence-corrected chi connectivity index (χ0v) is 13.9. The summed E-state index contributed by atoms with van der Waals surface area (Å²) in [4.78, 5) is 17.5. The van der Waals surface area contributed by atoms with E-state index < -0.39 is 0 Å². The summed E-state index contributed by atoms with van der Waals surface area (Å²) in [6, 6.07) is 4.15. The Labute approximate surface area is 141 Å². The zero-order valence-electron chi connectivity index (χ0n) is 13.9. The van der Waals surface area contributed by atoms with Crippen LogP contribution >= 0.6 is 0 Å². The number of hydrogen-bond donors (Lipinski definition) is 0. The molecule has 1 saturated heterocycles. The van der Waals surface area contributed by atoms with Gasteiger partial charge in [-0.3, -0.25) is 9.88 Å². The van der Waals surface area contributed by atoms with E-state index in [1.165, 1.54) is 19.0 Å². The lowest BCUT2D eigenvalue weighted by molar-refractivity contribution is 0.320. The van der Waals surface area contributed by atoms with E-state index in [4.69, 9.17) is 4.98 Å². The van der Waals surface area contributed by atoms with Gasteiger partial charge in [0.25, 0.3) is 0 Å². The average molecular weight is 327 g/mol. The van der Waals surface area contributed by atoms with Crippen LogP contribution in [0.4, 0.5) is 10.2 Å². The highest BCUT2D eigenvalue weighted by atomic mass is 19.1. The minimum Gasteiger partial charge on any atom is -0.355 e. The first-order valence-electron chi connectivity index (χ1n) is 8.57. The van der Waals surface area contributed by atoms with E-state index >= 15 is 0 Å². The van der Waals surface area contributed by atoms with Crippen LogP contribution in [0.1, 0.15) is 36.6 Å². The molecule has 1 aliphatic heterocycles. The molecule has 1 saturated carbocycles. The number of hydrogen-bond acceptors (Lipinski definition) is 5. The summed E-state index contributed by atoms with van der Waals surface area (Å²) in [7, 11) is 2.10. The van der Waals surface area contributed by atoms with E-state index in [1.54, 1.807) is 12.3 Å². The number of aromatic nitrogens is 3. The first kappa shape index (κ1) is 15.4. The molecule has 1 aliphatic carbocycles. The molecule has 1 atom stereocenters. The summed E-state index contributed by atoms with van der Waals surface area (Å²) >= 11 is 0. The average Bonchev–Trinajstić information content (AvgIpc) is 3.36. The van der Waals surface area contributed by atoms with Crippen molar-refractivity contribution in [1.29, 1.82) is 0 Å². The van der Waals surface area contributed by atoms with Gasteiger partial charge < -0.3 is 4.90 Å². The third kappa shape index (κ3) is 3.24. The van der Waals surface area contributed by atoms with Crippen molar-refractivity contribution in [3.63, 3.8) is 0 Å². The topological polar surface area (TPSA) is 45.2 Å². The number of pyridine rings is 1. The Hall–Kier alpha value is -2.08. The van der Waals surface area contributed by atoms with Gasteiger partial charge in [-0.25, -0.2) is 14.4 Å². The third-order valence-corrected chi connectivity index (χ3v) is 5.01. The molecule has 5 nitrogen and oxygen atoms in total. The summed E-state index contributed by atoms with van der Waals surface area (Å²) in [5, 5.41) is 0. The van der Waals surface area contributed by atoms with Crippen molar-refractivity contribution in [2.24, 2.45) is 0 Å². The van der Waals surface area contributed by atoms with E-state index in [2.05, 4.69) is 26.8 Å². The fraction of sp³-hybridized carbons (Fsp3) is 0.500. The van der Waals surface area contributed by atoms with Gasteiger partial charge in [0.05, 0.1) is 6.20 Å². The fourth-order valence-corrected chi connectivity index (χ4v) is 3.33. The van der Waals surface area contributed by atoms with Gasteiger partial charge in [-0.05, 0) is 31.4 Å². The molecular weight excluding hydrogens is 305 g/mol. The Bertz CT molecular complexity index is 718. The largest absolute Gasteiger partial charge is 0.355 e. The van der Waals surface area contributed by atoms with E-state index in [0.29, 0.717) is 24.1 Å². The lowest BCUT2D eigenvalue weighted by Gasteiger charge is -2.26. The lowest BCUT2D eigenvalue weighted by Crippen LogP contribution is -2.35. The number of likely N-dealkylation sites (N-methyl/N-ethyl adjacent to an activating group) is 1. The van der Waals surface area contributed by atoms with Gasteiger partial charge in [-0.2, -0.15) is 0 Å². The molecule has 126 valence electrons. The van der Waals surface area contributed by atoms with Crippen LogP contribution in [-0.4, -0.2) is 46.0 Å². The third-order valence-electron chi connectivity index (χ3n) is 5.01. The molecule has 0 radical (unpaired) electrons. The molecule has 2 aliphatic rings. The molecule has 0 amide bonds. The van der Waals surface area contributed by atoms with Gasteiger partial charge in [-0.15, -0.1) is 0 Å². The smallest absolute Gasteiger partial charge is 0.145 e. The zero-order chi connectivity index (χ0) is 16.5. The van der Waals surface area contributed by atoms with Gasteiger partial charge >= 0.3 is 0 Å². The van der Waals surface area contributed by atoms with Crippen molar-refractivity contribution < 1.29 is 4.39 Å². The SMILES string of the molecule is CN(c1ccnc(C2CC2)n1)C1CCN(Cc2ccncc2F)C1. The van der Waals surface area contributed by atoms with Crippen LogP contribution < -0.4 is 4.90 Å². The van der Waals surface area contributed by atoms with Crippen LogP contribution in [0.15, 0.2) is 30.7 Å². The number of likely N-dealkylation sites (tertiary alicyclic amines) is 1. The van der Waals surface area contributed by atoms with Gasteiger partial charge in [0, 0.05) is 56.6 Å². The molecule has 4 rings (SSSR count). The van der Waals surface area contributed by atoms with Crippen molar-refractivity contribution >= 4 is 5.82 Å². The Morgan fingerprint density at radius 1 is 1.25 bits per heavy atom. The lowest BCUT2D eigenvalue weighted by atomic mass is 10.2. The van der Waals surface area contributed by atoms with E-state index in [0.717, 1.165) is 31.2 Å². The van der Waals surface area contributed by atoms with E-state index in [-0.39, 0.29) is 5.82 Å². The molecule has 1 unspecified atom stereocenters. The number of halogens is 1. The quantitative estimate of drug-likeness (QED) is 0.845. The van der Waals surface area contributed by atoms with Crippen LogP contribution in [0, 0.1) is 5.82 Å². The molecule has 3 heterocycles. The molecule has 24 heavy (non-hydrogen) atoms. The highest BCUT2D eigenvalue weighted by Crippen LogP contribution is 2.38. The molecule has 0 aromatic carbocycles. The molecule has 0 bridgehead atoms. The summed E-state index contributed by atoms with van der Waals surface area (Å²) in [6.45, 7) is 2.52. The maximum atomic E-state index is 13.8. The van der Waals surface area contributed by atoms with Crippen molar-refractivity contribution in [3.05, 3.63) is 47.9 Å². The number of nitrogens with zero attached hydrogens (tertiary/aromatic N) is 5. The predicted molar refractivity (Wildman–Crippen MR) is 90.3 cm³/mol. The normalized spacial score (nSPS) is 21.2. The van der Waals surface area contributed by atoms with E-state index in [9.17, 15) is 4.39 Å². The second-order valence-electron chi connectivity index (χ2n) is 6.80. The molecular formula is C18H22FN5. The first-order valence-corrected chi connectivity index (χ1v) is 8.57. The Morgan fingerprint density at radius 3 is 2.92 bits per heavy atom. The predicted octanol–water partition coefficient (Wildman–Crippen LogP) is 2.60. The van der Waals surface area contributed by atoms with Crippen LogP contribution in [0.2, 0.25) is 0 Å². The van der Waals surface area contributed by atoms with Gasteiger partial charge in [-0.1, -0.05) is 0 Å². The molecule has 2 aromatic rings. The highest BCUT2D eigenvalue weighted by molar-refractivity contribution is 5.39. The molecule has 6 heteroatoms. The van der Waals surface area contributed by atoms with Gasteiger partial charge in [0.1, 0.15) is 17.5 Å². The number of rotatable bonds is 5. The Kier molecular flexibility index (Phi) is 4.14. The van der Waals surface area contributed by atoms with Crippen LogP contribution in [0.5, 0.6) is 0 Å². The summed E-state index contributed by atoms with van der Waals surface area (Å²) in [5.74, 6) is 2.31. The summed E-state index contributed by atoms with van der Waals surface area (Å²) in [5.41, 5.74) is 0.714. The monoisotopic (exact) mass is 327 g/mol. The first-order chi connectivity index (χ1) is 11.7. The summed E-state index contributed by atoms with van der Waals surface area (Å²) in [6.07, 6.45) is 8.29. The van der Waals surface area contributed by atoms with E-state index in [1.807, 2.05) is 12.3 Å².